The number of nitrogens with zero attached hydrogens (tertiary/aromatic N) is 4. The molecule has 0 spiro atoms. The maximum absolute atomic E-state index is 5.99. The van der Waals surface area contributed by atoms with E-state index >= 15 is 0 Å². The molecule has 0 unspecified atom stereocenters. The van der Waals surface area contributed by atoms with Crippen molar-refractivity contribution in [2.45, 2.75) is 53.4 Å². The molecular weight excluding hydrogens is 388 g/mol. The summed E-state index contributed by atoms with van der Waals surface area (Å²) in [6.45, 7) is 10.9. The van der Waals surface area contributed by atoms with Gasteiger partial charge in [0.05, 0.1) is 19.2 Å². The Hall–Kier alpha value is -3.35. The van der Waals surface area contributed by atoms with E-state index in [1.54, 1.807) is 12.7 Å². The predicted octanol–water partition coefficient (Wildman–Crippen LogP) is 3.68. The molecule has 0 radical (unpaired) electrons. The zero-order valence-corrected chi connectivity index (χ0v) is 18.8. The summed E-state index contributed by atoms with van der Waals surface area (Å²) in [5, 5.41) is 10.9. The quantitative estimate of drug-likeness (QED) is 0.408. The lowest BCUT2D eigenvalue weighted by molar-refractivity contribution is 0.239. The Morgan fingerprint density at radius 3 is 2.71 bits per heavy atom. The zero-order chi connectivity index (χ0) is 22.1. The van der Waals surface area contributed by atoms with E-state index in [0.29, 0.717) is 19.6 Å². The van der Waals surface area contributed by atoms with Crippen LogP contribution in [0.15, 0.2) is 60.1 Å². The first-order chi connectivity index (χ1) is 15.0. The largest absolute Gasteiger partial charge is 0.491 e. The molecular formula is C24H32N6O. The van der Waals surface area contributed by atoms with Crippen LogP contribution in [0.1, 0.15) is 43.0 Å². The number of aromatic nitrogens is 3. The van der Waals surface area contributed by atoms with E-state index in [1.807, 2.05) is 18.5 Å². The highest BCUT2D eigenvalue weighted by atomic mass is 16.5. The first kappa shape index (κ1) is 22.3. The Morgan fingerprint density at radius 1 is 1.13 bits per heavy atom. The summed E-state index contributed by atoms with van der Waals surface area (Å²) in [6, 6.07) is 14.7. The van der Waals surface area contributed by atoms with E-state index in [1.165, 1.54) is 11.1 Å². The molecule has 0 saturated carbocycles. The Bertz CT molecular complexity index is 981. The van der Waals surface area contributed by atoms with Gasteiger partial charge in [-0.2, -0.15) is 5.10 Å². The van der Waals surface area contributed by atoms with Crippen LogP contribution in [-0.4, -0.2) is 33.4 Å². The number of benzene rings is 2. The second-order valence-corrected chi connectivity index (χ2v) is 7.74. The summed E-state index contributed by atoms with van der Waals surface area (Å²) >= 11 is 0. The van der Waals surface area contributed by atoms with Crippen molar-refractivity contribution in [3.8, 4) is 5.75 Å². The predicted molar refractivity (Wildman–Crippen MR) is 124 cm³/mol. The molecule has 3 aromatic rings. The van der Waals surface area contributed by atoms with Gasteiger partial charge in [0.25, 0.3) is 0 Å². The zero-order valence-electron chi connectivity index (χ0n) is 18.8. The number of hydrogen-bond donors (Lipinski definition) is 2. The summed E-state index contributed by atoms with van der Waals surface area (Å²) in [4.78, 5) is 8.76. The highest BCUT2D eigenvalue weighted by molar-refractivity contribution is 5.79. The maximum atomic E-state index is 5.99. The summed E-state index contributed by atoms with van der Waals surface area (Å²) in [7, 11) is 0. The molecule has 0 atom stereocenters. The molecule has 0 aliphatic carbocycles. The van der Waals surface area contributed by atoms with Gasteiger partial charge in [-0.15, -0.1) is 0 Å². The number of nitrogens with one attached hydrogen (secondary N) is 2. The number of guanidine groups is 1. The van der Waals surface area contributed by atoms with Crippen LogP contribution in [0.4, 0.5) is 0 Å². The van der Waals surface area contributed by atoms with Crippen molar-refractivity contribution in [1.29, 1.82) is 0 Å². The van der Waals surface area contributed by atoms with Crippen LogP contribution in [0.25, 0.3) is 0 Å². The topological polar surface area (TPSA) is 76.4 Å². The molecule has 1 heterocycles. The molecule has 7 heteroatoms. The number of ether oxygens (including phenoxy) is 1. The molecule has 0 aliphatic rings. The third-order valence-electron chi connectivity index (χ3n) is 4.60. The first-order valence-corrected chi connectivity index (χ1v) is 10.7. The lowest BCUT2D eigenvalue weighted by atomic mass is 10.1. The van der Waals surface area contributed by atoms with Crippen LogP contribution in [0.5, 0.6) is 5.75 Å². The number of hydrogen-bond acceptors (Lipinski definition) is 4. The van der Waals surface area contributed by atoms with Gasteiger partial charge in [-0.1, -0.05) is 36.4 Å². The minimum Gasteiger partial charge on any atom is -0.491 e. The first-order valence-electron chi connectivity index (χ1n) is 10.7. The standard InChI is InChI=1S/C24H32N6O/c1-5-26-24(28-14-22-10-9-19(4)11-23(22)31-18(2)3)27-13-20-7-6-8-21(12-20)15-30-17-25-16-29-30/h6-12,16-18H,5,13-15H2,1-4H3,(H2,26,27,28). The summed E-state index contributed by atoms with van der Waals surface area (Å²) in [6.07, 6.45) is 3.40. The van der Waals surface area contributed by atoms with Crippen molar-refractivity contribution in [3.05, 3.63) is 77.4 Å². The molecule has 0 aliphatic heterocycles. The van der Waals surface area contributed by atoms with Gasteiger partial charge >= 0.3 is 0 Å². The average molecular weight is 421 g/mol. The lowest BCUT2D eigenvalue weighted by Crippen LogP contribution is -2.36. The SMILES string of the molecule is CCNC(=NCc1cccc(Cn2cncn2)c1)NCc1ccc(C)cc1OC(C)C. The molecule has 31 heavy (non-hydrogen) atoms. The van der Waals surface area contributed by atoms with Gasteiger partial charge in [0.1, 0.15) is 18.4 Å². The molecule has 0 saturated heterocycles. The monoisotopic (exact) mass is 420 g/mol. The van der Waals surface area contributed by atoms with E-state index in [4.69, 9.17) is 9.73 Å². The minimum absolute atomic E-state index is 0.132. The van der Waals surface area contributed by atoms with Gasteiger partial charge in [0.2, 0.25) is 0 Å². The summed E-state index contributed by atoms with van der Waals surface area (Å²) in [5.41, 5.74) is 4.62. The Morgan fingerprint density at radius 2 is 1.97 bits per heavy atom. The molecule has 0 fully saturated rings. The maximum Gasteiger partial charge on any atom is 0.191 e. The summed E-state index contributed by atoms with van der Waals surface area (Å²) < 4.78 is 7.80. The van der Waals surface area contributed by atoms with E-state index < -0.39 is 0 Å². The van der Waals surface area contributed by atoms with Gasteiger partial charge < -0.3 is 15.4 Å². The highest BCUT2D eigenvalue weighted by Gasteiger charge is 2.08. The van der Waals surface area contributed by atoms with Crippen molar-refractivity contribution in [2.75, 3.05) is 6.54 Å². The smallest absolute Gasteiger partial charge is 0.191 e. The molecule has 0 bridgehead atoms. The fourth-order valence-electron chi connectivity index (χ4n) is 3.19. The third kappa shape index (κ3) is 7.13. The fourth-order valence-corrected chi connectivity index (χ4v) is 3.19. The highest BCUT2D eigenvalue weighted by Crippen LogP contribution is 2.21. The summed E-state index contributed by atoms with van der Waals surface area (Å²) in [5.74, 6) is 1.69. The Labute approximate surface area is 184 Å². The fraction of sp³-hybridized carbons (Fsp3) is 0.375. The normalized spacial score (nSPS) is 11.6. The van der Waals surface area contributed by atoms with Crippen molar-refractivity contribution in [2.24, 2.45) is 4.99 Å². The van der Waals surface area contributed by atoms with Crippen molar-refractivity contribution < 1.29 is 4.74 Å². The number of rotatable bonds is 9. The minimum atomic E-state index is 0.132. The van der Waals surface area contributed by atoms with Crippen LogP contribution in [0.2, 0.25) is 0 Å². The van der Waals surface area contributed by atoms with Crippen LogP contribution in [-0.2, 0) is 19.6 Å². The molecule has 1 aromatic heterocycles. The Kier molecular flexibility index (Phi) is 8.04. The van der Waals surface area contributed by atoms with Crippen LogP contribution < -0.4 is 15.4 Å². The number of aliphatic imine (C=N–C) groups is 1. The van der Waals surface area contributed by atoms with Gasteiger partial charge in [0.15, 0.2) is 5.96 Å². The van der Waals surface area contributed by atoms with E-state index in [9.17, 15) is 0 Å². The van der Waals surface area contributed by atoms with E-state index in [0.717, 1.165) is 29.4 Å². The van der Waals surface area contributed by atoms with Gasteiger partial charge in [-0.25, -0.2) is 14.7 Å². The van der Waals surface area contributed by atoms with Crippen molar-refractivity contribution >= 4 is 5.96 Å². The molecule has 3 rings (SSSR count). The van der Waals surface area contributed by atoms with Gasteiger partial charge in [-0.3, -0.25) is 0 Å². The second-order valence-electron chi connectivity index (χ2n) is 7.74. The van der Waals surface area contributed by atoms with E-state index in [-0.39, 0.29) is 6.10 Å². The molecule has 2 N–H and O–H groups in total. The number of aryl methyl sites for hydroxylation is 1. The van der Waals surface area contributed by atoms with Crippen molar-refractivity contribution in [3.63, 3.8) is 0 Å². The third-order valence-corrected chi connectivity index (χ3v) is 4.60. The van der Waals surface area contributed by atoms with E-state index in [2.05, 4.69) is 77.0 Å². The Balaban J connectivity index is 1.66. The van der Waals surface area contributed by atoms with Gasteiger partial charge in [0, 0.05) is 18.7 Å². The van der Waals surface area contributed by atoms with Crippen LogP contribution >= 0.6 is 0 Å². The average Bonchev–Trinajstić information content (AvgIpc) is 3.24. The van der Waals surface area contributed by atoms with Crippen molar-refractivity contribution in [1.82, 2.24) is 25.4 Å². The van der Waals surface area contributed by atoms with Crippen LogP contribution in [0.3, 0.4) is 0 Å². The molecule has 2 aromatic carbocycles. The second kappa shape index (κ2) is 11.2. The van der Waals surface area contributed by atoms with Crippen LogP contribution in [0, 0.1) is 6.92 Å². The molecule has 7 nitrogen and oxygen atoms in total. The van der Waals surface area contributed by atoms with Gasteiger partial charge in [-0.05, 0) is 50.5 Å². The lowest BCUT2D eigenvalue weighted by Gasteiger charge is -2.17. The molecule has 164 valence electrons. The molecule has 0 amide bonds.